The third kappa shape index (κ3) is 21.8. The number of hydrogen-bond donors (Lipinski definition) is 0. The van der Waals surface area contributed by atoms with Gasteiger partial charge in [0.1, 0.15) is 0 Å². The van der Waals surface area contributed by atoms with E-state index in [9.17, 15) is 0 Å². The molecule has 0 radical (unpaired) electrons. The summed E-state index contributed by atoms with van der Waals surface area (Å²) in [6.45, 7) is 14.0. The highest BCUT2D eigenvalue weighted by molar-refractivity contribution is 4.40. The number of rotatable bonds is 19. The van der Waals surface area contributed by atoms with E-state index >= 15 is 0 Å². The van der Waals surface area contributed by atoms with Gasteiger partial charge < -0.3 is 28.4 Å². The van der Waals surface area contributed by atoms with Crippen LogP contribution in [0.5, 0.6) is 0 Å². The first-order valence-electron chi connectivity index (χ1n) is 8.73. The quantitative estimate of drug-likeness (QED) is 0.337. The van der Waals surface area contributed by atoms with E-state index in [1.807, 2.05) is 0 Å². The lowest BCUT2D eigenvalue weighted by molar-refractivity contribution is -0.0178. The van der Waals surface area contributed by atoms with E-state index in [1.54, 1.807) is 0 Å². The van der Waals surface area contributed by atoms with E-state index in [4.69, 9.17) is 28.4 Å². The Kier molecular flexibility index (Phi) is 19.6. The van der Waals surface area contributed by atoms with Crippen LogP contribution in [-0.4, -0.2) is 79.3 Å². The molecule has 6 heteroatoms. The highest BCUT2D eigenvalue weighted by Crippen LogP contribution is 1.92. The summed E-state index contributed by atoms with van der Waals surface area (Å²) >= 11 is 0. The summed E-state index contributed by atoms with van der Waals surface area (Å²) in [6, 6.07) is 0. The molecular weight excluding hydrogens is 300 g/mol. The Balaban J connectivity index is 2.95. The van der Waals surface area contributed by atoms with Gasteiger partial charge in [-0.05, 0) is 12.3 Å². The smallest absolute Gasteiger partial charge is 0.0701 e. The van der Waals surface area contributed by atoms with Crippen LogP contribution < -0.4 is 0 Å². The minimum Gasteiger partial charge on any atom is -0.379 e. The van der Waals surface area contributed by atoms with E-state index in [-0.39, 0.29) is 0 Å². The molecule has 0 aromatic rings. The lowest BCUT2D eigenvalue weighted by atomic mass is 10.2. The normalized spacial score (nSPS) is 11.5. The van der Waals surface area contributed by atoms with Crippen LogP contribution in [0.15, 0.2) is 0 Å². The van der Waals surface area contributed by atoms with Gasteiger partial charge >= 0.3 is 0 Å². The Morgan fingerprint density at radius 3 is 1.09 bits per heavy atom. The van der Waals surface area contributed by atoms with Crippen molar-refractivity contribution in [2.24, 2.45) is 5.92 Å². The molecule has 0 fully saturated rings. The molecule has 0 aromatic heterocycles. The van der Waals surface area contributed by atoms with Gasteiger partial charge in [-0.25, -0.2) is 0 Å². The van der Waals surface area contributed by atoms with Crippen molar-refractivity contribution in [1.82, 2.24) is 0 Å². The molecular formula is C17H36O6. The topological polar surface area (TPSA) is 55.4 Å². The van der Waals surface area contributed by atoms with Gasteiger partial charge in [-0.15, -0.1) is 0 Å². The zero-order valence-corrected chi connectivity index (χ0v) is 15.2. The van der Waals surface area contributed by atoms with Crippen LogP contribution in [0.2, 0.25) is 0 Å². The highest BCUT2D eigenvalue weighted by Gasteiger charge is 1.95. The maximum Gasteiger partial charge on any atom is 0.0701 e. The number of hydrogen-bond acceptors (Lipinski definition) is 6. The summed E-state index contributed by atoms with van der Waals surface area (Å²) < 4.78 is 32.3. The van der Waals surface area contributed by atoms with Crippen molar-refractivity contribution in [3.8, 4) is 0 Å². The van der Waals surface area contributed by atoms with E-state index in [0.717, 1.165) is 19.6 Å². The predicted octanol–water partition coefficient (Wildman–Crippen LogP) is 2.15. The second kappa shape index (κ2) is 19.8. The maximum absolute atomic E-state index is 5.41. The Labute approximate surface area is 141 Å². The maximum atomic E-state index is 5.41. The minimum absolute atomic E-state index is 0.568. The molecule has 0 saturated heterocycles. The monoisotopic (exact) mass is 336 g/mol. The van der Waals surface area contributed by atoms with Gasteiger partial charge in [0, 0.05) is 13.2 Å². The summed E-state index contributed by atoms with van der Waals surface area (Å²) in [5.41, 5.74) is 0. The van der Waals surface area contributed by atoms with E-state index in [2.05, 4.69) is 20.8 Å². The van der Waals surface area contributed by atoms with Gasteiger partial charge in [-0.2, -0.15) is 0 Å². The fourth-order valence-electron chi connectivity index (χ4n) is 1.56. The van der Waals surface area contributed by atoms with Gasteiger partial charge in [0.2, 0.25) is 0 Å². The SMILES string of the molecule is CCCOCCOCCOCCOCCOCCOCC(C)C. The standard InChI is InChI=1S/C17H36O6/c1-4-5-18-6-7-19-8-9-20-10-11-21-12-13-22-14-15-23-16-17(2)3/h17H,4-16H2,1-3H3. The van der Waals surface area contributed by atoms with Crippen LogP contribution in [0, 0.1) is 5.92 Å². The van der Waals surface area contributed by atoms with Gasteiger partial charge in [-0.1, -0.05) is 20.8 Å². The molecule has 0 heterocycles. The molecule has 0 saturated carbocycles. The number of ether oxygens (including phenoxy) is 6. The first-order chi connectivity index (χ1) is 11.3. The van der Waals surface area contributed by atoms with Crippen molar-refractivity contribution in [3.63, 3.8) is 0 Å². The molecule has 0 rings (SSSR count). The molecule has 0 unspecified atom stereocenters. The molecule has 0 atom stereocenters. The van der Waals surface area contributed by atoms with Crippen LogP contribution in [0.3, 0.4) is 0 Å². The van der Waals surface area contributed by atoms with Crippen LogP contribution >= 0.6 is 0 Å². The Hall–Kier alpha value is -0.240. The van der Waals surface area contributed by atoms with Crippen molar-refractivity contribution in [2.45, 2.75) is 27.2 Å². The van der Waals surface area contributed by atoms with Crippen LogP contribution in [0.4, 0.5) is 0 Å². The minimum atomic E-state index is 0.568. The summed E-state index contributed by atoms with van der Waals surface area (Å²) in [6.07, 6.45) is 1.04. The molecule has 0 aromatic carbocycles. The summed E-state index contributed by atoms with van der Waals surface area (Å²) in [5, 5.41) is 0. The van der Waals surface area contributed by atoms with Crippen molar-refractivity contribution in [1.29, 1.82) is 0 Å². The van der Waals surface area contributed by atoms with Crippen LogP contribution in [0.25, 0.3) is 0 Å². The van der Waals surface area contributed by atoms with Crippen molar-refractivity contribution in [3.05, 3.63) is 0 Å². The van der Waals surface area contributed by atoms with E-state index in [1.165, 1.54) is 0 Å². The molecule has 0 aliphatic rings. The fourth-order valence-corrected chi connectivity index (χ4v) is 1.56. The first-order valence-corrected chi connectivity index (χ1v) is 8.73. The largest absolute Gasteiger partial charge is 0.379 e. The Morgan fingerprint density at radius 1 is 0.478 bits per heavy atom. The van der Waals surface area contributed by atoms with Gasteiger partial charge in [-0.3, -0.25) is 0 Å². The van der Waals surface area contributed by atoms with E-state index in [0.29, 0.717) is 72.0 Å². The van der Waals surface area contributed by atoms with Gasteiger partial charge in [0.25, 0.3) is 0 Å². The molecule has 23 heavy (non-hydrogen) atoms. The lowest BCUT2D eigenvalue weighted by Crippen LogP contribution is -2.14. The van der Waals surface area contributed by atoms with Crippen molar-refractivity contribution < 1.29 is 28.4 Å². The summed E-state index contributed by atoms with van der Waals surface area (Å²) in [4.78, 5) is 0. The zero-order valence-electron chi connectivity index (χ0n) is 15.2. The molecule has 0 aliphatic carbocycles. The van der Waals surface area contributed by atoms with Gasteiger partial charge in [0.05, 0.1) is 66.1 Å². The molecule has 6 nitrogen and oxygen atoms in total. The fraction of sp³-hybridized carbons (Fsp3) is 1.00. The van der Waals surface area contributed by atoms with Crippen molar-refractivity contribution in [2.75, 3.05) is 79.3 Å². The predicted molar refractivity (Wildman–Crippen MR) is 90.0 cm³/mol. The molecule has 0 aliphatic heterocycles. The molecule has 0 bridgehead atoms. The van der Waals surface area contributed by atoms with Crippen LogP contribution in [0.1, 0.15) is 27.2 Å². The van der Waals surface area contributed by atoms with Gasteiger partial charge in [0.15, 0.2) is 0 Å². The average molecular weight is 336 g/mol. The average Bonchev–Trinajstić information content (AvgIpc) is 2.53. The molecule has 140 valence electrons. The van der Waals surface area contributed by atoms with Crippen LogP contribution in [-0.2, 0) is 28.4 Å². The second-order valence-corrected chi connectivity index (χ2v) is 5.53. The third-order valence-electron chi connectivity index (χ3n) is 2.66. The Bertz CT molecular complexity index is 213. The molecule has 0 spiro atoms. The van der Waals surface area contributed by atoms with E-state index < -0.39 is 0 Å². The van der Waals surface area contributed by atoms with Crippen molar-refractivity contribution >= 4 is 0 Å². The summed E-state index contributed by atoms with van der Waals surface area (Å²) in [7, 11) is 0. The molecule has 0 amide bonds. The first kappa shape index (κ1) is 22.8. The summed E-state index contributed by atoms with van der Waals surface area (Å²) in [5.74, 6) is 0.568. The Morgan fingerprint density at radius 2 is 0.783 bits per heavy atom. The lowest BCUT2D eigenvalue weighted by Gasteiger charge is -2.08. The zero-order chi connectivity index (χ0) is 17.0. The highest BCUT2D eigenvalue weighted by atomic mass is 16.6. The molecule has 0 N–H and O–H groups in total. The second-order valence-electron chi connectivity index (χ2n) is 5.53. The third-order valence-corrected chi connectivity index (χ3v) is 2.66.